The molecule has 10 nitrogen and oxygen atoms in total. The predicted molar refractivity (Wildman–Crippen MR) is 138 cm³/mol. The Labute approximate surface area is 220 Å². The van der Waals surface area contributed by atoms with Crippen LogP contribution in [0.25, 0.3) is 0 Å². The summed E-state index contributed by atoms with van der Waals surface area (Å²) in [5, 5.41) is 14.4. The number of rotatable bonds is 8. The van der Waals surface area contributed by atoms with Crippen molar-refractivity contribution in [1.29, 1.82) is 5.26 Å². The molecule has 0 bridgehead atoms. The molecule has 2 N–H and O–H groups in total. The Morgan fingerprint density at radius 3 is 2.32 bits per heavy atom. The van der Waals surface area contributed by atoms with Crippen LogP contribution in [0.4, 0.5) is 5.69 Å². The monoisotopic (exact) mass is 513 g/mol. The molecule has 0 radical (unpaired) electrons. The molecule has 1 aromatic heterocycles. The highest BCUT2D eigenvalue weighted by Gasteiger charge is 2.42. The Hall–Kier alpha value is -5.04. The van der Waals surface area contributed by atoms with E-state index in [1.807, 2.05) is 17.7 Å². The minimum atomic E-state index is -0.926. The molecule has 0 aliphatic carbocycles. The first-order valence-corrected chi connectivity index (χ1v) is 11.8. The number of ether oxygens (including phenoxy) is 3. The first kappa shape index (κ1) is 26.0. The lowest BCUT2D eigenvalue weighted by atomic mass is 9.81. The van der Waals surface area contributed by atoms with Crippen LogP contribution in [0.5, 0.6) is 5.75 Å². The average molecular weight is 514 g/mol. The Morgan fingerprint density at radius 2 is 1.71 bits per heavy atom. The minimum Gasteiger partial charge on any atom is -0.487 e. The third-order valence-corrected chi connectivity index (χ3v) is 6.20. The molecule has 1 aliphatic rings. The van der Waals surface area contributed by atoms with Gasteiger partial charge in [-0.15, -0.1) is 0 Å². The molecule has 38 heavy (non-hydrogen) atoms. The highest BCUT2D eigenvalue weighted by Crippen LogP contribution is 2.43. The number of aryl methyl sites for hydroxylation is 1. The zero-order valence-electron chi connectivity index (χ0n) is 21.2. The minimum absolute atomic E-state index is 0.00470. The molecular formula is C28H27N5O5. The normalized spacial score (nSPS) is 15.2. The number of carbonyl (C=O) groups is 2. The van der Waals surface area contributed by atoms with Crippen LogP contribution in [-0.4, -0.2) is 35.9 Å². The van der Waals surface area contributed by atoms with Gasteiger partial charge < -0.3 is 19.9 Å². The van der Waals surface area contributed by atoms with Gasteiger partial charge in [0, 0.05) is 18.4 Å². The van der Waals surface area contributed by atoms with E-state index < -0.39 is 17.9 Å². The first-order valence-electron chi connectivity index (χ1n) is 11.8. The summed E-state index contributed by atoms with van der Waals surface area (Å²) in [5.74, 6) is -1.95. The van der Waals surface area contributed by atoms with Gasteiger partial charge in [-0.3, -0.25) is 9.58 Å². The van der Waals surface area contributed by atoms with Gasteiger partial charge in [0.15, 0.2) is 0 Å². The highest BCUT2D eigenvalue weighted by atomic mass is 16.5. The molecule has 10 heteroatoms. The smallest absolute Gasteiger partial charge is 0.355 e. The summed E-state index contributed by atoms with van der Waals surface area (Å²) in [6.07, 6.45) is 1.71. The molecule has 0 saturated carbocycles. The Balaban J connectivity index is 1.79. The van der Waals surface area contributed by atoms with Crippen LogP contribution in [0, 0.1) is 11.3 Å². The van der Waals surface area contributed by atoms with Crippen molar-refractivity contribution in [3.8, 4) is 11.8 Å². The van der Waals surface area contributed by atoms with Gasteiger partial charge in [0.05, 0.1) is 43.0 Å². The summed E-state index contributed by atoms with van der Waals surface area (Å²) >= 11 is 0. The van der Waals surface area contributed by atoms with E-state index in [0.29, 0.717) is 23.6 Å². The van der Waals surface area contributed by atoms with Crippen molar-refractivity contribution in [2.75, 3.05) is 19.1 Å². The second-order valence-electron chi connectivity index (χ2n) is 8.26. The largest absolute Gasteiger partial charge is 0.487 e. The fourth-order valence-electron chi connectivity index (χ4n) is 4.40. The van der Waals surface area contributed by atoms with Crippen molar-refractivity contribution in [3.63, 3.8) is 0 Å². The lowest BCUT2D eigenvalue weighted by molar-refractivity contribution is -0.139. The molecule has 3 aromatic rings. The zero-order valence-corrected chi connectivity index (χ0v) is 21.2. The quantitative estimate of drug-likeness (QED) is 0.450. The van der Waals surface area contributed by atoms with Crippen LogP contribution in [0.1, 0.15) is 24.1 Å². The second-order valence-corrected chi connectivity index (χ2v) is 8.26. The fourth-order valence-corrected chi connectivity index (χ4v) is 4.40. The topological polar surface area (TPSA) is 133 Å². The van der Waals surface area contributed by atoms with Crippen molar-refractivity contribution in [2.24, 2.45) is 5.73 Å². The molecule has 1 atom stereocenters. The molecule has 1 aliphatic heterocycles. The molecule has 1 unspecified atom stereocenters. The number of anilines is 1. The van der Waals surface area contributed by atoms with E-state index in [4.69, 9.17) is 19.9 Å². The summed E-state index contributed by atoms with van der Waals surface area (Å²) in [7, 11) is 2.42. The van der Waals surface area contributed by atoms with Crippen LogP contribution in [0.2, 0.25) is 0 Å². The van der Waals surface area contributed by atoms with Crippen molar-refractivity contribution in [2.45, 2.75) is 26.0 Å². The van der Waals surface area contributed by atoms with E-state index >= 15 is 0 Å². The highest BCUT2D eigenvalue weighted by molar-refractivity contribution is 6.06. The Morgan fingerprint density at radius 1 is 1.03 bits per heavy atom. The summed E-state index contributed by atoms with van der Waals surface area (Å²) in [6.45, 7) is 3.03. The van der Waals surface area contributed by atoms with Gasteiger partial charge in [0.1, 0.15) is 23.9 Å². The van der Waals surface area contributed by atoms with Crippen LogP contribution in [0.15, 0.2) is 89.5 Å². The van der Waals surface area contributed by atoms with Crippen molar-refractivity contribution < 1.29 is 23.8 Å². The van der Waals surface area contributed by atoms with E-state index in [1.165, 1.54) is 19.1 Å². The molecular weight excluding hydrogens is 486 g/mol. The number of allylic oxidation sites excluding steroid dienone is 1. The number of benzene rings is 2. The van der Waals surface area contributed by atoms with Crippen molar-refractivity contribution in [1.82, 2.24) is 9.78 Å². The number of nitriles is 1. The number of aromatic nitrogens is 2. The van der Waals surface area contributed by atoms with Gasteiger partial charge in [0.25, 0.3) is 0 Å². The number of hydrogen-bond donors (Lipinski definition) is 1. The van der Waals surface area contributed by atoms with E-state index in [2.05, 4.69) is 11.2 Å². The van der Waals surface area contributed by atoms with Gasteiger partial charge in [0.2, 0.25) is 0 Å². The Bertz CT molecular complexity index is 1430. The van der Waals surface area contributed by atoms with E-state index in [1.54, 1.807) is 60.8 Å². The maximum Gasteiger partial charge on any atom is 0.355 e. The SMILES string of the molecule is CCn1nccc1COc1ccc(N2C(N)=C(C#N)C(c3ccccc3)C(C(=O)OC)=C2C(=O)OC)cc1. The summed E-state index contributed by atoms with van der Waals surface area (Å²) in [4.78, 5) is 27.6. The van der Waals surface area contributed by atoms with Crippen LogP contribution >= 0.6 is 0 Å². The molecule has 4 rings (SSSR count). The molecule has 0 amide bonds. The van der Waals surface area contributed by atoms with E-state index in [9.17, 15) is 14.9 Å². The Kier molecular flexibility index (Phi) is 7.77. The van der Waals surface area contributed by atoms with Gasteiger partial charge in [-0.05, 0) is 42.8 Å². The van der Waals surface area contributed by atoms with Crippen molar-refractivity contribution >= 4 is 17.6 Å². The van der Waals surface area contributed by atoms with Gasteiger partial charge in [-0.2, -0.15) is 10.4 Å². The predicted octanol–water partition coefficient (Wildman–Crippen LogP) is 3.38. The number of carbonyl (C=O) groups excluding carboxylic acids is 2. The molecule has 0 saturated heterocycles. The maximum absolute atomic E-state index is 13.1. The van der Waals surface area contributed by atoms with Crippen LogP contribution in [-0.2, 0) is 32.2 Å². The van der Waals surface area contributed by atoms with Crippen molar-refractivity contribution in [3.05, 3.63) is 101 Å². The lowest BCUT2D eigenvalue weighted by Gasteiger charge is -2.35. The van der Waals surface area contributed by atoms with Gasteiger partial charge >= 0.3 is 11.9 Å². The van der Waals surface area contributed by atoms with Crippen LogP contribution in [0.3, 0.4) is 0 Å². The number of hydrogen-bond acceptors (Lipinski definition) is 9. The number of esters is 2. The van der Waals surface area contributed by atoms with E-state index in [-0.39, 0.29) is 22.7 Å². The van der Waals surface area contributed by atoms with Crippen LogP contribution < -0.4 is 15.4 Å². The van der Waals surface area contributed by atoms with Gasteiger partial charge in [-0.25, -0.2) is 9.59 Å². The molecule has 2 heterocycles. The number of nitrogens with two attached hydrogens (primary N) is 1. The third-order valence-electron chi connectivity index (χ3n) is 6.20. The van der Waals surface area contributed by atoms with Gasteiger partial charge in [-0.1, -0.05) is 30.3 Å². The average Bonchev–Trinajstić information content (AvgIpc) is 3.43. The zero-order chi connectivity index (χ0) is 27.2. The maximum atomic E-state index is 13.1. The number of methoxy groups -OCH3 is 2. The fraction of sp³-hybridized carbons (Fsp3) is 0.214. The number of nitrogens with zero attached hydrogens (tertiary/aromatic N) is 4. The molecule has 0 spiro atoms. The standard InChI is InChI=1S/C28H27N5O5/c1-4-32-20(14-15-31-32)17-38-21-12-10-19(11-13-21)33-25(28(35)37-3)24(27(34)36-2)23(22(16-29)26(33)30)18-8-6-5-7-9-18/h5-15,23H,4,17,30H2,1-3H3. The summed E-state index contributed by atoms with van der Waals surface area (Å²) in [6, 6.07) is 19.6. The third kappa shape index (κ3) is 4.82. The molecule has 0 fully saturated rings. The summed E-state index contributed by atoms with van der Waals surface area (Å²) < 4.78 is 17.8. The molecule has 2 aromatic carbocycles. The molecule has 194 valence electrons. The second kappa shape index (κ2) is 11.3. The lowest BCUT2D eigenvalue weighted by Crippen LogP contribution is -2.40. The summed E-state index contributed by atoms with van der Waals surface area (Å²) in [5.41, 5.74) is 8.38. The first-order chi connectivity index (χ1) is 18.4. The van der Waals surface area contributed by atoms with E-state index in [0.717, 1.165) is 12.2 Å².